The van der Waals surface area contributed by atoms with E-state index in [4.69, 9.17) is 20.9 Å². The van der Waals surface area contributed by atoms with Gasteiger partial charge in [0.15, 0.2) is 0 Å². The van der Waals surface area contributed by atoms with Crippen LogP contribution in [0.3, 0.4) is 0 Å². The fourth-order valence-electron chi connectivity index (χ4n) is 1.37. The number of hydrogen-bond acceptors (Lipinski definition) is 2. The Balaban J connectivity index is 2.41. The largest absolute Gasteiger partial charge is 0.551 e. The van der Waals surface area contributed by atoms with E-state index in [9.17, 15) is 0 Å². The molecule has 0 amide bonds. The molecule has 16 heavy (non-hydrogen) atoms. The van der Waals surface area contributed by atoms with Crippen LogP contribution in [-0.2, 0) is 9.31 Å². The summed E-state index contributed by atoms with van der Waals surface area (Å²) < 4.78 is 11.5. The van der Waals surface area contributed by atoms with Gasteiger partial charge in [-0.05, 0) is 40.5 Å². The molecule has 0 spiro atoms. The summed E-state index contributed by atoms with van der Waals surface area (Å²) in [5, 5.41) is 0. The molecule has 1 heterocycles. The van der Waals surface area contributed by atoms with Crippen molar-refractivity contribution in [1.29, 1.82) is 0 Å². The molecule has 0 unspecified atom stereocenters. The van der Waals surface area contributed by atoms with Crippen LogP contribution in [0.1, 0.15) is 47.0 Å². The van der Waals surface area contributed by atoms with Crippen molar-refractivity contribution in [3.63, 3.8) is 0 Å². The maximum Gasteiger partial charge on any atom is 0.551 e. The van der Waals surface area contributed by atoms with Crippen molar-refractivity contribution >= 4 is 18.7 Å². The maximum absolute atomic E-state index is 5.75. The highest BCUT2D eigenvalue weighted by Crippen LogP contribution is 2.36. The zero-order chi connectivity index (χ0) is 12.2. The summed E-state index contributed by atoms with van der Waals surface area (Å²) in [6.45, 7) is 8.12. The highest BCUT2D eigenvalue weighted by atomic mass is 35.5. The first kappa shape index (κ1) is 13.9. The highest BCUT2D eigenvalue weighted by Gasteiger charge is 2.50. The van der Waals surface area contributed by atoms with Gasteiger partial charge in [-0.3, -0.25) is 0 Å². The predicted octanol–water partition coefficient (Wildman–Crippen LogP) is 3.03. The Morgan fingerprint density at radius 3 is 2.12 bits per heavy atom. The molecule has 0 aromatic rings. The van der Waals surface area contributed by atoms with E-state index in [-0.39, 0.29) is 18.3 Å². The quantitative estimate of drug-likeness (QED) is 0.328. The summed E-state index contributed by atoms with van der Waals surface area (Å²) in [7, 11) is -0.388. The molecule has 1 aliphatic rings. The average Bonchev–Trinajstić information content (AvgIpc) is 2.35. The molecule has 1 fully saturated rings. The minimum absolute atomic E-state index is 0.289. The van der Waals surface area contributed by atoms with Gasteiger partial charge in [-0.15, -0.1) is 17.5 Å². The molecule has 90 valence electrons. The SMILES string of the molecule is CC1(C)OB(C#CCCCCCl)OC1(C)C. The van der Waals surface area contributed by atoms with Gasteiger partial charge in [0, 0.05) is 12.3 Å². The van der Waals surface area contributed by atoms with Gasteiger partial charge in [-0.1, -0.05) is 5.82 Å². The molecule has 0 radical (unpaired) electrons. The van der Waals surface area contributed by atoms with Crippen molar-refractivity contribution < 1.29 is 9.31 Å². The van der Waals surface area contributed by atoms with Crippen molar-refractivity contribution in [3.05, 3.63) is 0 Å². The highest BCUT2D eigenvalue weighted by molar-refractivity contribution is 6.55. The van der Waals surface area contributed by atoms with Crippen molar-refractivity contribution in [2.24, 2.45) is 0 Å². The lowest BCUT2D eigenvalue weighted by Gasteiger charge is -2.32. The van der Waals surface area contributed by atoms with E-state index in [1.807, 2.05) is 27.7 Å². The zero-order valence-electron chi connectivity index (χ0n) is 10.6. The van der Waals surface area contributed by atoms with Crippen LogP contribution in [0.25, 0.3) is 0 Å². The summed E-state index contributed by atoms with van der Waals surface area (Å²) in [5.41, 5.74) is -0.578. The molecule has 1 saturated heterocycles. The van der Waals surface area contributed by atoms with E-state index in [2.05, 4.69) is 11.7 Å². The summed E-state index contributed by atoms with van der Waals surface area (Å²) in [4.78, 5) is 0. The fraction of sp³-hybridized carbons (Fsp3) is 0.833. The lowest BCUT2D eigenvalue weighted by atomic mass is 9.90. The summed E-state index contributed by atoms with van der Waals surface area (Å²) in [6, 6.07) is 0. The molecule has 0 saturated carbocycles. The fourth-order valence-corrected chi connectivity index (χ4v) is 1.55. The Hall–Kier alpha value is -0.165. The molecular formula is C12H20BClO2. The molecule has 1 rings (SSSR count). The Morgan fingerprint density at radius 1 is 1.06 bits per heavy atom. The van der Waals surface area contributed by atoms with E-state index >= 15 is 0 Å². The Morgan fingerprint density at radius 2 is 1.62 bits per heavy atom. The number of halogens is 1. The van der Waals surface area contributed by atoms with E-state index in [1.54, 1.807) is 0 Å². The van der Waals surface area contributed by atoms with E-state index in [0.717, 1.165) is 19.3 Å². The van der Waals surface area contributed by atoms with Crippen molar-refractivity contribution in [1.82, 2.24) is 0 Å². The first-order chi connectivity index (χ1) is 7.39. The molecule has 4 heteroatoms. The van der Waals surface area contributed by atoms with Crippen LogP contribution >= 0.6 is 11.6 Å². The van der Waals surface area contributed by atoms with E-state index in [1.165, 1.54) is 0 Å². The van der Waals surface area contributed by atoms with E-state index in [0.29, 0.717) is 5.88 Å². The zero-order valence-corrected chi connectivity index (χ0v) is 11.4. The third kappa shape index (κ3) is 3.41. The third-order valence-corrected chi connectivity index (χ3v) is 3.43. The van der Waals surface area contributed by atoms with Crippen LogP contribution in [0.2, 0.25) is 0 Å². The van der Waals surface area contributed by atoms with Crippen molar-refractivity contribution in [2.45, 2.75) is 58.2 Å². The van der Waals surface area contributed by atoms with Crippen LogP contribution in [-0.4, -0.2) is 24.2 Å². The number of unbranched alkanes of at least 4 members (excludes halogenated alkanes) is 2. The second kappa shape index (κ2) is 5.45. The van der Waals surface area contributed by atoms with Crippen molar-refractivity contribution in [2.75, 3.05) is 5.88 Å². The lowest BCUT2D eigenvalue weighted by molar-refractivity contribution is 0.00578. The molecule has 2 nitrogen and oxygen atoms in total. The van der Waals surface area contributed by atoms with Gasteiger partial charge in [0.25, 0.3) is 0 Å². The van der Waals surface area contributed by atoms with Gasteiger partial charge in [-0.25, -0.2) is 0 Å². The topological polar surface area (TPSA) is 18.5 Å². The van der Waals surface area contributed by atoms with Gasteiger partial charge in [0.05, 0.1) is 11.2 Å². The smallest absolute Gasteiger partial charge is 0.392 e. The van der Waals surface area contributed by atoms with Crippen LogP contribution < -0.4 is 0 Å². The number of rotatable bonds is 3. The van der Waals surface area contributed by atoms with Gasteiger partial charge in [0.1, 0.15) is 0 Å². The molecule has 0 aromatic heterocycles. The Labute approximate surface area is 104 Å². The standard InChI is InChI=1S/C12H20BClO2/c1-11(2)12(3,4)16-13(15-11)9-7-5-6-8-10-14/h5-6,8,10H2,1-4H3. The Kier molecular flexibility index (Phi) is 4.73. The molecule has 0 bridgehead atoms. The summed E-state index contributed by atoms with van der Waals surface area (Å²) in [5.74, 6) is 6.80. The van der Waals surface area contributed by atoms with Gasteiger partial charge in [0.2, 0.25) is 0 Å². The second-order valence-corrected chi connectivity index (χ2v) is 5.43. The Bertz CT molecular complexity index is 275. The predicted molar refractivity (Wildman–Crippen MR) is 68.4 cm³/mol. The minimum atomic E-state index is -0.388. The molecule has 1 aliphatic heterocycles. The summed E-state index contributed by atoms with van der Waals surface area (Å²) in [6.07, 6.45) is 2.91. The molecule has 0 aromatic carbocycles. The molecule has 0 N–H and O–H groups in total. The van der Waals surface area contributed by atoms with Crippen molar-refractivity contribution in [3.8, 4) is 11.7 Å². The first-order valence-electron chi connectivity index (χ1n) is 5.79. The van der Waals surface area contributed by atoms with E-state index < -0.39 is 0 Å². The molecular weight excluding hydrogens is 222 g/mol. The third-order valence-electron chi connectivity index (χ3n) is 3.16. The van der Waals surface area contributed by atoms with Crippen LogP contribution in [0, 0.1) is 11.7 Å². The van der Waals surface area contributed by atoms with Gasteiger partial charge in [-0.2, -0.15) is 0 Å². The van der Waals surface area contributed by atoms with Crippen LogP contribution in [0.5, 0.6) is 0 Å². The normalized spacial score (nSPS) is 21.7. The molecule has 0 atom stereocenters. The van der Waals surface area contributed by atoms with Crippen LogP contribution in [0.15, 0.2) is 0 Å². The molecule has 0 aliphatic carbocycles. The lowest BCUT2D eigenvalue weighted by Crippen LogP contribution is -2.41. The van der Waals surface area contributed by atoms with Crippen LogP contribution in [0.4, 0.5) is 0 Å². The second-order valence-electron chi connectivity index (χ2n) is 5.06. The first-order valence-corrected chi connectivity index (χ1v) is 6.32. The minimum Gasteiger partial charge on any atom is -0.392 e. The van der Waals surface area contributed by atoms with Gasteiger partial charge >= 0.3 is 7.12 Å². The average molecular weight is 243 g/mol. The summed E-state index contributed by atoms with van der Waals surface area (Å²) >= 11 is 5.58. The number of hydrogen-bond donors (Lipinski definition) is 0. The monoisotopic (exact) mass is 242 g/mol. The van der Waals surface area contributed by atoms with Gasteiger partial charge < -0.3 is 9.31 Å². The number of alkyl halides is 1. The maximum atomic E-state index is 5.75.